The van der Waals surface area contributed by atoms with Crippen molar-refractivity contribution >= 4 is 0 Å². The molecule has 1 unspecified atom stereocenters. The molecule has 0 aromatic carbocycles. The van der Waals surface area contributed by atoms with E-state index < -0.39 is 0 Å². The van der Waals surface area contributed by atoms with Crippen molar-refractivity contribution < 1.29 is 5.11 Å². The number of aromatic nitrogens is 2. The van der Waals surface area contributed by atoms with Crippen molar-refractivity contribution in [1.29, 1.82) is 0 Å². The molecule has 1 heterocycles. The molecule has 0 radical (unpaired) electrons. The standard InChI is InChI=1S/C14H27N3O/c1-13(2,3)12-10(9-17(6)16-12)11(7-8-18)14(4,5)15/h9,11,18H,7-8,15H2,1-6H3. The van der Waals surface area contributed by atoms with Gasteiger partial charge in [-0.25, -0.2) is 0 Å². The Balaban J connectivity index is 3.28. The highest BCUT2D eigenvalue weighted by Crippen LogP contribution is 2.35. The molecule has 0 fully saturated rings. The summed E-state index contributed by atoms with van der Waals surface area (Å²) in [4.78, 5) is 0. The molecule has 1 aromatic heterocycles. The molecule has 1 atom stereocenters. The predicted molar refractivity (Wildman–Crippen MR) is 74.6 cm³/mol. The quantitative estimate of drug-likeness (QED) is 0.861. The SMILES string of the molecule is Cn1cc(C(CCO)C(C)(C)N)c(C(C)(C)C)n1. The Morgan fingerprint density at radius 1 is 1.33 bits per heavy atom. The minimum atomic E-state index is -0.369. The fourth-order valence-electron chi connectivity index (χ4n) is 2.40. The average molecular weight is 253 g/mol. The Labute approximate surface area is 110 Å². The number of rotatable bonds is 4. The lowest BCUT2D eigenvalue weighted by Crippen LogP contribution is -2.40. The van der Waals surface area contributed by atoms with E-state index in [1.54, 1.807) is 0 Å². The minimum Gasteiger partial charge on any atom is -0.396 e. The van der Waals surface area contributed by atoms with Crippen LogP contribution >= 0.6 is 0 Å². The van der Waals surface area contributed by atoms with Crippen molar-refractivity contribution in [2.45, 2.75) is 57.9 Å². The van der Waals surface area contributed by atoms with Crippen LogP contribution in [0.15, 0.2) is 6.20 Å². The van der Waals surface area contributed by atoms with Crippen LogP contribution in [-0.2, 0) is 12.5 Å². The molecule has 4 nitrogen and oxygen atoms in total. The van der Waals surface area contributed by atoms with E-state index in [9.17, 15) is 5.11 Å². The fraction of sp³-hybridized carbons (Fsp3) is 0.786. The maximum atomic E-state index is 9.28. The van der Waals surface area contributed by atoms with Crippen LogP contribution in [0.2, 0.25) is 0 Å². The van der Waals surface area contributed by atoms with E-state index in [2.05, 4.69) is 25.9 Å². The van der Waals surface area contributed by atoms with Gasteiger partial charge in [-0.2, -0.15) is 5.10 Å². The van der Waals surface area contributed by atoms with E-state index in [-0.39, 0.29) is 23.5 Å². The van der Waals surface area contributed by atoms with Gasteiger partial charge in [-0.05, 0) is 25.8 Å². The highest BCUT2D eigenvalue weighted by atomic mass is 16.3. The molecule has 4 heteroatoms. The first-order valence-electron chi connectivity index (χ1n) is 6.51. The largest absolute Gasteiger partial charge is 0.396 e. The number of aliphatic hydroxyl groups is 1. The zero-order chi connectivity index (χ0) is 14.1. The summed E-state index contributed by atoms with van der Waals surface area (Å²) in [5.41, 5.74) is 8.11. The average Bonchev–Trinajstić information content (AvgIpc) is 2.54. The molecular weight excluding hydrogens is 226 g/mol. The van der Waals surface area contributed by atoms with E-state index >= 15 is 0 Å². The second-order valence-electron chi connectivity index (χ2n) is 6.74. The third-order valence-electron chi connectivity index (χ3n) is 3.26. The van der Waals surface area contributed by atoms with Gasteiger partial charge >= 0.3 is 0 Å². The highest BCUT2D eigenvalue weighted by Gasteiger charge is 2.33. The zero-order valence-electron chi connectivity index (χ0n) is 12.5. The molecular formula is C14H27N3O. The molecule has 0 aliphatic carbocycles. The Kier molecular flexibility index (Phi) is 4.23. The second kappa shape index (κ2) is 5.02. The van der Waals surface area contributed by atoms with Crippen LogP contribution in [0.25, 0.3) is 0 Å². The van der Waals surface area contributed by atoms with Gasteiger partial charge in [-0.15, -0.1) is 0 Å². The fourth-order valence-corrected chi connectivity index (χ4v) is 2.40. The van der Waals surface area contributed by atoms with Crippen LogP contribution in [0.1, 0.15) is 58.2 Å². The summed E-state index contributed by atoms with van der Waals surface area (Å²) in [6.45, 7) is 10.6. The summed E-state index contributed by atoms with van der Waals surface area (Å²) in [7, 11) is 1.93. The summed E-state index contributed by atoms with van der Waals surface area (Å²) in [6, 6.07) is 0. The maximum absolute atomic E-state index is 9.28. The minimum absolute atomic E-state index is 0.0183. The first kappa shape index (κ1) is 15.2. The second-order valence-corrected chi connectivity index (χ2v) is 6.74. The topological polar surface area (TPSA) is 64.1 Å². The van der Waals surface area contributed by atoms with Gasteiger partial charge in [0, 0.05) is 36.7 Å². The van der Waals surface area contributed by atoms with E-state index in [4.69, 9.17) is 5.73 Å². The predicted octanol–water partition coefficient (Wildman–Crippen LogP) is 1.92. The summed E-state index contributed by atoms with van der Waals surface area (Å²) >= 11 is 0. The molecule has 0 bridgehead atoms. The van der Waals surface area contributed by atoms with Crippen molar-refractivity contribution in [1.82, 2.24) is 9.78 Å². The van der Waals surface area contributed by atoms with Crippen LogP contribution in [0.4, 0.5) is 0 Å². The zero-order valence-corrected chi connectivity index (χ0v) is 12.5. The third kappa shape index (κ3) is 3.33. The number of hydrogen-bond acceptors (Lipinski definition) is 3. The van der Waals surface area contributed by atoms with Crippen molar-refractivity contribution in [3.05, 3.63) is 17.5 Å². The molecule has 0 saturated heterocycles. The Morgan fingerprint density at radius 3 is 2.28 bits per heavy atom. The summed E-state index contributed by atoms with van der Waals surface area (Å²) in [5.74, 6) is 0.116. The first-order chi connectivity index (χ1) is 8.07. The molecule has 1 rings (SSSR count). The van der Waals surface area contributed by atoms with Gasteiger partial charge in [-0.1, -0.05) is 20.8 Å². The van der Waals surface area contributed by atoms with Crippen LogP contribution in [0, 0.1) is 0 Å². The van der Waals surface area contributed by atoms with Crippen molar-refractivity contribution in [3.8, 4) is 0 Å². The van der Waals surface area contributed by atoms with Gasteiger partial charge in [0.2, 0.25) is 0 Å². The highest BCUT2D eigenvalue weighted by molar-refractivity contribution is 5.30. The lowest BCUT2D eigenvalue weighted by Gasteiger charge is -2.32. The van der Waals surface area contributed by atoms with Crippen LogP contribution < -0.4 is 5.73 Å². The van der Waals surface area contributed by atoms with Gasteiger partial charge in [0.05, 0.1) is 5.69 Å². The summed E-state index contributed by atoms with van der Waals surface area (Å²) in [5, 5.41) is 13.9. The number of hydrogen-bond donors (Lipinski definition) is 2. The molecule has 104 valence electrons. The smallest absolute Gasteiger partial charge is 0.0713 e. The molecule has 0 aliphatic heterocycles. The summed E-state index contributed by atoms with van der Waals surface area (Å²) in [6.07, 6.45) is 2.70. The van der Waals surface area contributed by atoms with Gasteiger partial charge in [0.25, 0.3) is 0 Å². The molecule has 0 aliphatic rings. The maximum Gasteiger partial charge on any atom is 0.0713 e. The van der Waals surface area contributed by atoms with E-state index in [1.165, 1.54) is 0 Å². The van der Waals surface area contributed by atoms with Crippen LogP contribution in [-0.4, -0.2) is 27.0 Å². The molecule has 0 spiro atoms. The lowest BCUT2D eigenvalue weighted by molar-refractivity contribution is 0.249. The van der Waals surface area contributed by atoms with Gasteiger partial charge in [0.15, 0.2) is 0 Å². The number of aliphatic hydroxyl groups excluding tert-OH is 1. The van der Waals surface area contributed by atoms with Crippen molar-refractivity contribution in [3.63, 3.8) is 0 Å². The van der Waals surface area contributed by atoms with Gasteiger partial charge in [-0.3, -0.25) is 4.68 Å². The monoisotopic (exact) mass is 253 g/mol. The Morgan fingerprint density at radius 2 is 1.89 bits per heavy atom. The number of nitrogens with two attached hydrogens (primary N) is 1. The van der Waals surface area contributed by atoms with Crippen molar-refractivity contribution in [2.75, 3.05) is 6.61 Å². The Hall–Kier alpha value is -0.870. The number of aryl methyl sites for hydroxylation is 1. The first-order valence-corrected chi connectivity index (χ1v) is 6.51. The van der Waals surface area contributed by atoms with Gasteiger partial charge < -0.3 is 10.8 Å². The molecule has 0 saturated carbocycles. The molecule has 3 N–H and O–H groups in total. The lowest BCUT2D eigenvalue weighted by atomic mass is 9.77. The molecule has 0 amide bonds. The van der Waals surface area contributed by atoms with E-state index in [0.29, 0.717) is 6.42 Å². The van der Waals surface area contributed by atoms with Crippen molar-refractivity contribution in [2.24, 2.45) is 12.8 Å². The molecule has 18 heavy (non-hydrogen) atoms. The Bertz CT molecular complexity index is 396. The molecule has 1 aromatic rings. The van der Waals surface area contributed by atoms with E-state index in [0.717, 1.165) is 11.3 Å². The van der Waals surface area contributed by atoms with Crippen LogP contribution in [0.5, 0.6) is 0 Å². The normalized spacial score (nSPS) is 14.9. The van der Waals surface area contributed by atoms with Gasteiger partial charge in [0.1, 0.15) is 0 Å². The van der Waals surface area contributed by atoms with E-state index in [1.807, 2.05) is 31.8 Å². The summed E-state index contributed by atoms with van der Waals surface area (Å²) < 4.78 is 1.84. The van der Waals surface area contributed by atoms with Crippen LogP contribution in [0.3, 0.4) is 0 Å². The third-order valence-corrected chi connectivity index (χ3v) is 3.26. The number of nitrogens with zero attached hydrogens (tertiary/aromatic N) is 2.